The minimum Gasteiger partial charge on any atom is -0.504 e. The van der Waals surface area contributed by atoms with E-state index in [1.807, 2.05) is 24.0 Å². The molecule has 7 nitrogen and oxygen atoms in total. The highest BCUT2D eigenvalue weighted by Crippen LogP contribution is 2.32. The van der Waals surface area contributed by atoms with E-state index in [4.69, 9.17) is 4.74 Å². The third kappa shape index (κ3) is 6.13. The number of phenolic OH excluding ortho intramolecular Hbond substituents is 1. The smallest absolute Gasteiger partial charge is 0.387 e. The van der Waals surface area contributed by atoms with Crippen LogP contribution in [0.1, 0.15) is 18.9 Å². The number of methoxy groups -OCH3 is 1. The summed E-state index contributed by atoms with van der Waals surface area (Å²) in [6.45, 7) is 1.55. The first-order chi connectivity index (χ1) is 15.0. The second kappa shape index (κ2) is 10.7. The molecule has 1 unspecified atom stereocenters. The van der Waals surface area contributed by atoms with Crippen molar-refractivity contribution < 1.29 is 23.4 Å². The maximum atomic E-state index is 12.7. The molecule has 1 aliphatic rings. The summed E-state index contributed by atoms with van der Waals surface area (Å²) >= 11 is 0. The van der Waals surface area contributed by atoms with Gasteiger partial charge in [-0.1, -0.05) is 18.2 Å². The highest BCUT2D eigenvalue weighted by Gasteiger charge is 2.26. The van der Waals surface area contributed by atoms with Gasteiger partial charge in [0.2, 0.25) is 0 Å². The summed E-state index contributed by atoms with van der Waals surface area (Å²) in [7, 11) is 1.50. The number of nitrogens with one attached hydrogen (secondary N) is 2. The number of rotatable bonds is 8. The van der Waals surface area contributed by atoms with Gasteiger partial charge in [0, 0.05) is 25.7 Å². The highest BCUT2D eigenvalue weighted by atomic mass is 19.3. The fourth-order valence-corrected chi connectivity index (χ4v) is 3.53. The average molecular weight is 434 g/mol. The lowest BCUT2D eigenvalue weighted by Gasteiger charge is -2.22. The molecule has 9 heteroatoms. The number of anilines is 1. The Balaban J connectivity index is 1.64. The van der Waals surface area contributed by atoms with Gasteiger partial charge >= 0.3 is 6.61 Å². The Hall–Kier alpha value is -3.23. The topological polar surface area (TPSA) is 78.4 Å². The number of nitrogens with zero attached hydrogens (tertiary/aromatic N) is 2. The van der Waals surface area contributed by atoms with Crippen molar-refractivity contribution in [3.8, 4) is 17.2 Å². The Bertz CT molecular complexity index is 895. The van der Waals surface area contributed by atoms with Gasteiger partial charge in [0.1, 0.15) is 5.75 Å². The molecule has 31 heavy (non-hydrogen) atoms. The van der Waals surface area contributed by atoms with Crippen molar-refractivity contribution in [2.45, 2.75) is 32.5 Å². The molecule has 0 spiro atoms. The van der Waals surface area contributed by atoms with Gasteiger partial charge in [0.15, 0.2) is 17.5 Å². The number of benzene rings is 2. The molecular formula is C22H28F2N4O3. The quantitative estimate of drug-likeness (QED) is 0.437. The molecule has 1 heterocycles. The zero-order chi connectivity index (χ0) is 22.2. The van der Waals surface area contributed by atoms with E-state index < -0.39 is 6.61 Å². The number of hydrogen-bond donors (Lipinski definition) is 3. The van der Waals surface area contributed by atoms with Crippen LogP contribution in [0.15, 0.2) is 47.5 Å². The van der Waals surface area contributed by atoms with Crippen LogP contribution in [-0.2, 0) is 6.54 Å². The normalized spacial score (nSPS) is 16.5. The van der Waals surface area contributed by atoms with Gasteiger partial charge in [0.05, 0.1) is 19.3 Å². The van der Waals surface area contributed by atoms with Gasteiger partial charge in [-0.05, 0) is 43.2 Å². The molecule has 0 amide bonds. The Morgan fingerprint density at radius 2 is 2.06 bits per heavy atom. The molecule has 1 fully saturated rings. The summed E-state index contributed by atoms with van der Waals surface area (Å²) in [6, 6.07) is 12.1. The molecule has 0 aliphatic carbocycles. The Kier molecular flexibility index (Phi) is 7.75. The molecule has 1 atom stereocenters. The van der Waals surface area contributed by atoms with Gasteiger partial charge in [-0.2, -0.15) is 8.78 Å². The summed E-state index contributed by atoms with van der Waals surface area (Å²) in [4.78, 5) is 6.63. The zero-order valence-electron chi connectivity index (χ0n) is 17.6. The summed E-state index contributed by atoms with van der Waals surface area (Å²) in [5.74, 6) is 1.32. The molecule has 3 N–H and O–H groups in total. The van der Waals surface area contributed by atoms with Crippen LogP contribution < -0.4 is 25.0 Å². The van der Waals surface area contributed by atoms with E-state index in [1.165, 1.54) is 7.11 Å². The number of guanidine groups is 1. The van der Waals surface area contributed by atoms with E-state index in [0.717, 1.165) is 12.0 Å². The van der Waals surface area contributed by atoms with Crippen LogP contribution in [-0.4, -0.2) is 50.5 Å². The van der Waals surface area contributed by atoms with Gasteiger partial charge in [-0.25, -0.2) is 4.99 Å². The molecule has 168 valence electrons. The molecular weight excluding hydrogens is 406 g/mol. The van der Waals surface area contributed by atoms with E-state index >= 15 is 0 Å². The maximum absolute atomic E-state index is 12.7. The summed E-state index contributed by atoms with van der Waals surface area (Å²) in [5, 5.41) is 16.6. The number of aromatic hydroxyl groups is 1. The van der Waals surface area contributed by atoms with Crippen molar-refractivity contribution >= 4 is 11.6 Å². The molecule has 0 aromatic heterocycles. The average Bonchev–Trinajstić information content (AvgIpc) is 3.20. The Morgan fingerprint density at radius 3 is 2.77 bits per heavy atom. The van der Waals surface area contributed by atoms with E-state index in [0.29, 0.717) is 43.6 Å². The standard InChI is InChI=1S/C22H28F2N4O3/c1-3-25-22(26-13-15-8-9-20(30-2)18(29)12-15)27-16-10-11-28(14-16)17-6-4-5-7-19(17)31-21(23)24/h4-9,12,16,21,29H,3,10-11,13-14H2,1-2H3,(H2,25,26,27). The highest BCUT2D eigenvalue weighted by molar-refractivity contribution is 5.80. The van der Waals surface area contributed by atoms with Gasteiger partial charge in [-0.3, -0.25) is 0 Å². The fraction of sp³-hybridized carbons (Fsp3) is 0.409. The van der Waals surface area contributed by atoms with Gasteiger partial charge in [0.25, 0.3) is 0 Å². The number of phenols is 1. The second-order valence-corrected chi connectivity index (χ2v) is 7.12. The zero-order valence-corrected chi connectivity index (χ0v) is 17.6. The molecule has 2 aromatic carbocycles. The van der Waals surface area contributed by atoms with Crippen molar-refractivity contribution in [2.75, 3.05) is 31.6 Å². The lowest BCUT2D eigenvalue weighted by Crippen LogP contribution is -2.44. The minimum atomic E-state index is -2.86. The number of para-hydroxylation sites is 2. The van der Waals surface area contributed by atoms with Gasteiger partial charge in [-0.15, -0.1) is 0 Å². The summed E-state index contributed by atoms with van der Waals surface area (Å²) in [5.41, 5.74) is 1.50. The number of alkyl halides is 2. The van der Waals surface area contributed by atoms with Crippen molar-refractivity contribution in [2.24, 2.45) is 4.99 Å². The number of halogens is 2. The molecule has 3 rings (SSSR count). The van der Waals surface area contributed by atoms with E-state index in [9.17, 15) is 13.9 Å². The van der Waals surface area contributed by atoms with Crippen LogP contribution in [0.3, 0.4) is 0 Å². The Morgan fingerprint density at radius 1 is 1.26 bits per heavy atom. The SMILES string of the molecule is CCNC(=NCc1ccc(OC)c(O)c1)NC1CCN(c2ccccc2OC(F)F)C1. The first-order valence-electron chi connectivity index (χ1n) is 10.2. The van der Waals surface area contributed by atoms with Crippen molar-refractivity contribution in [1.29, 1.82) is 0 Å². The molecule has 1 aliphatic heterocycles. The maximum Gasteiger partial charge on any atom is 0.387 e. The first kappa shape index (κ1) is 22.5. The van der Waals surface area contributed by atoms with Crippen LogP contribution in [0, 0.1) is 0 Å². The Labute approximate surface area is 180 Å². The lowest BCUT2D eigenvalue weighted by molar-refractivity contribution is -0.0495. The van der Waals surface area contributed by atoms with Crippen molar-refractivity contribution in [3.63, 3.8) is 0 Å². The monoisotopic (exact) mass is 434 g/mol. The minimum absolute atomic E-state index is 0.0734. The molecule has 0 bridgehead atoms. The number of ether oxygens (including phenoxy) is 2. The molecule has 0 radical (unpaired) electrons. The van der Waals surface area contributed by atoms with Crippen LogP contribution in [0.5, 0.6) is 17.2 Å². The fourth-order valence-electron chi connectivity index (χ4n) is 3.53. The van der Waals surface area contributed by atoms with Gasteiger partial charge < -0.3 is 30.1 Å². The third-order valence-corrected chi connectivity index (χ3v) is 4.96. The molecule has 1 saturated heterocycles. The van der Waals surface area contributed by atoms with E-state index in [1.54, 1.807) is 30.3 Å². The summed E-state index contributed by atoms with van der Waals surface area (Å²) < 4.78 is 35.2. The van der Waals surface area contributed by atoms with Crippen molar-refractivity contribution in [1.82, 2.24) is 10.6 Å². The van der Waals surface area contributed by atoms with Crippen LogP contribution in [0.2, 0.25) is 0 Å². The predicted molar refractivity (Wildman–Crippen MR) is 116 cm³/mol. The summed E-state index contributed by atoms with van der Waals surface area (Å²) in [6.07, 6.45) is 0.830. The number of hydrogen-bond acceptors (Lipinski definition) is 5. The molecule has 0 saturated carbocycles. The van der Waals surface area contributed by atoms with Crippen LogP contribution in [0.25, 0.3) is 0 Å². The second-order valence-electron chi connectivity index (χ2n) is 7.12. The van der Waals surface area contributed by atoms with Crippen molar-refractivity contribution in [3.05, 3.63) is 48.0 Å². The number of aliphatic imine (C=N–C) groups is 1. The largest absolute Gasteiger partial charge is 0.504 e. The predicted octanol–water partition coefficient (Wildman–Crippen LogP) is 3.34. The lowest BCUT2D eigenvalue weighted by atomic mass is 10.2. The van der Waals surface area contributed by atoms with E-state index in [2.05, 4.69) is 20.4 Å². The van der Waals surface area contributed by atoms with E-state index in [-0.39, 0.29) is 17.5 Å². The van der Waals surface area contributed by atoms with Crippen LogP contribution >= 0.6 is 0 Å². The van der Waals surface area contributed by atoms with Crippen LogP contribution in [0.4, 0.5) is 14.5 Å². The first-order valence-corrected chi connectivity index (χ1v) is 10.2. The third-order valence-electron chi connectivity index (χ3n) is 4.96. The molecule has 2 aromatic rings.